The molecule has 4 N–H and O–H groups in total. The molecular formula is C21H40O4. The van der Waals surface area contributed by atoms with Crippen molar-refractivity contribution in [1.82, 2.24) is 0 Å². The van der Waals surface area contributed by atoms with Crippen molar-refractivity contribution >= 4 is 0 Å². The molecule has 1 saturated carbocycles. The predicted octanol–water partition coefficient (Wildman–Crippen LogP) is 4.48. The first-order valence-electron chi connectivity index (χ1n) is 10.4. The van der Waals surface area contributed by atoms with Crippen molar-refractivity contribution in [1.29, 1.82) is 0 Å². The average molecular weight is 357 g/mol. The molecule has 4 atom stereocenters. The Hall–Kier alpha value is -0.580. The van der Waals surface area contributed by atoms with Gasteiger partial charge in [0, 0.05) is 0 Å². The highest BCUT2D eigenvalue weighted by molar-refractivity contribution is 4.90. The molecule has 0 amide bonds. The molecule has 1 fully saturated rings. The quantitative estimate of drug-likeness (QED) is 0.273. The summed E-state index contributed by atoms with van der Waals surface area (Å²) in [4.78, 5) is 0. The maximum absolute atomic E-state index is 10.3. The molecule has 148 valence electrons. The smallest absolute Gasteiger partial charge is 0.114 e. The number of aliphatic hydroxyl groups is 4. The molecule has 25 heavy (non-hydrogen) atoms. The normalized spacial score (nSPS) is 25.4. The van der Waals surface area contributed by atoms with E-state index in [0.717, 1.165) is 70.6 Å². The summed E-state index contributed by atoms with van der Waals surface area (Å²) in [6.07, 6.45) is 14.9. The fourth-order valence-corrected chi connectivity index (χ4v) is 4.15. The lowest BCUT2D eigenvalue weighted by Gasteiger charge is -2.22. The lowest BCUT2D eigenvalue weighted by Crippen LogP contribution is -2.20. The molecule has 0 aromatic rings. The van der Waals surface area contributed by atoms with Crippen LogP contribution in [0.15, 0.2) is 11.8 Å². The third kappa shape index (κ3) is 9.62. The van der Waals surface area contributed by atoms with Crippen LogP contribution in [0, 0.1) is 11.8 Å². The first kappa shape index (κ1) is 22.5. The summed E-state index contributed by atoms with van der Waals surface area (Å²) in [7, 11) is 0. The van der Waals surface area contributed by atoms with Crippen LogP contribution in [0.4, 0.5) is 0 Å². The highest BCUT2D eigenvalue weighted by atomic mass is 16.3. The van der Waals surface area contributed by atoms with Crippen LogP contribution in [0.2, 0.25) is 0 Å². The van der Waals surface area contributed by atoms with Gasteiger partial charge in [0.05, 0.1) is 18.8 Å². The number of allylic oxidation sites excluding steroid dienone is 1. The minimum absolute atomic E-state index is 0.0695. The van der Waals surface area contributed by atoms with Gasteiger partial charge in [-0.2, -0.15) is 0 Å². The number of hydrogen-bond acceptors (Lipinski definition) is 4. The van der Waals surface area contributed by atoms with E-state index < -0.39 is 0 Å². The predicted molar refractivity (Wildman–Crippen MR) is 102 cm³/mol. The Morgan fingerprint density at radius 2 is 1.80 bits per heavy atom. The van der Waals surface area contributed by atoms with Crippen LogP contribution >= 0.6 is 0 Å². The van der Waals surface area contributed by atoms with Gasteiger partial charge in [-0.1, -0.05) is 45.4 Å². The maximum Gasteiger partial charge on any atom is 0.114 e. The summed E-state index contributed by atoms with van der Waals surface area (Å²) in [6, 6.07) is 0. The summed E-state index contributed by atoms with van der Waals surface area (Å²) in [5.41, 5.74) is 0. The van der Waals surface area contributed by atoms with Crippen molar-refractivity contribution in [3.63, 3.8) is 0 Å². The zero-order chi connectivity index (χ0) is 18.5. The third-order valence-corrected chi connectivity index (χ3v) is 5.72. The maximum atomic E-state index is 10.3. The van der Waals surface area contributed by atoms with Crippen molar-refractivity contribution in [2.75, 3.05) is 6.61 Å². The van der Waals surface area contributed by atoms with E-state index in [9.17, 15) is 15.3 Å². The van der Waals surface area contributed by atoms with Gasteiger partial charge in [-0.3, -0.25) is 0 Å². The second-order valence-electron chi connectivity index (χ2n) is 7.79. The van der Waals surface area contributed by atoms with E-state index in [1.54, 1.807) is 6.08 Å². The van der Waals surface area contributed by atoms with E-state index in [2.05, 4.69) is 6.92 Å². The highest BCUT2D eigenvalue weighted by Crippen LogP contribution is 2.39. The summed E-state index contributed by atoms with van der Waals surface area (Å²) in [5, 5.41) is 38.1. The minimum Gasteiger partial charge on any atom is -0.510 e. The fourth-order valence-electron chi connectivity index (χ4n) is 4.15. The molecule has 0 aromatic heterocycles. The van der Waals surface area contributed by atoms with Gasteiger partial charge in [0.25, 0.3) is 0 Å². The second kappa shape index (κ2) is 13.6. The van der Waals surface area contributed by atoms with Gasteiger partial charge in [0.15, 0.2) is 0 Å². The Morgan fingerprint density at radius 3 is 2.52 bits per heavy atom. The number of unbranched alkanes of at least 4 members (excludes halogenated alkanes) is 4. The van der Waals surface area contributed by atoms with E-state index in [4.69, 9.17) is 5.11 Å². The van der Waals surface area contributed by atoms with Gasteiger partial charge >= 0.3 is 0 Å². The SMILES string of the molecule is CCCCC(O)CCC[C@H]1C(O)CC[C@@H]1CCCCC/C=C(/O)CO. The molecule has 0 radical (unpaired) electrons. The van der Waals surface area contributed by atoms with E-state index in [1.807, 2.05) is 0 Å². The third-order valence-electron chi connectivity index (χ3n) is 5.72. The highest BCUT2D eigenvalue weighted by Gasteiger charge is 2.33. The van der Waals surface area contributed by atoms with Crippen LogP contribution in [0.25, 0.3) is 0 Å². The van der Waals surface area contributed by atoms with Crippen LogP contribution in [0.1, 0.15) is 90.4 Å². The molecule has 1 aliphatic rings. The lowest BCUT2D eigenvalue weighted by molar-refractivity contribution is 0.0986. The van der Waals surface area contributed by atoms with Crippen LogP contribution in [-0.4, -0.2) is 39.2 Å². The Balaban J connectivity index is 2.18. The molecular weight excluding hydrogens is 316 g/mol. The average Bonchev–Trinajstić information content (AvgIpc) is 2.96. The molecule has 1 rings (SSSR count). The van der Waals surface area contributed by atoms with E-state index in [0.29, 0.717) is 11.8 Å². The standard InChI is InChI=1S/C21H40O4/c1-2-3-10-18(23)12-8-13-20-17(14-15-21(20)25)9-6-4-5-7-11-19(24)16-22/h11,17-18,20-25H,2-10,12-16H2,1H3/b19-11+/t17-,18?,20+,21?/m0/s1. The van der Waals surface area contributed by atoms with Crippen LogP contribution in [0.3, 0.4) is 0 Å². The van der Waals surface area contributed by atoms with E-state index >= 15 is 0 Å². The van der Waals surface area contributed by atoms with Crippen LogP contribution in [-0.2, 0) is 0 Å². The fraction of sp³-hybridized carbons (Fsp3) is 0.905. The van der Waals surface area contributed by atoms with Crippen molar-refractivity contribution in [3.05, 3.63) is 11.8 Å². The second-order valence-corrected chi connectivity index (χ2v) is 7.79. The van der Waals surface area contributed by atoms with Gasteiger partial charge in [-0.05, 0) is 62.9 Å². The zero-order valence-electron chi connectivity index (χ0n) is 16.1. The molecule has 0 saturated heterocycles. The lowest BCUT2D eigenvalue weighted by atomic mass is 9.85. The molecule has 0 spiro atoms. The van der Waals surface area contributed by atoms with Crippen LogP contribution in [0.5, 0.6) is 0 Å². The van der Waals surface area contributed by atoms with Gasteiger partial charge in [-0.25, -0.2) is 0 Å². The Kier molecular flexibility index (Phi) is 12.2. The first-order valence-corrected chi connectivity index (χ1v) is 10.4. The number of hydrogen-bond donors (Lipinski definition) is 4. The van der Waals surface area contributed by atoms with E-state index in [1.165, 1.54) is 12.8 Å². The van der Waals surface area contributed by atoms with Gasteiger partial charge in [0.1, 0.15) is 5.76 Å². The van der Waals surface area contributed by atoms with Crippen LogP contribution < -0.4 is 0 Å². The molecule has 0 bridgehead atoms. The molecule has 2 unspecified atom stereocenters. The summed E-state index contributed by atoms with van der Waals surface area (Å²) in [5.74, 6) is 1.11. The largest absolute Gasteiger partial charge is 0.510 e. The molecule has 1 aliphatic carbocycles. The Bertz CT molecular complexity index is 356. The molecule has 4 heteroatoms. The first-order chi connectivity index (χ1) is 12.1. The summed E-state index contributed by atoms with van der Waals surface area (Å²) < 4.78 is 0. The molecule has 0 aliphatic heterocycles. The van der Waals surface area contributed by atoms with Crippen molar-refractivity contribution in [2.24, 2.45) is 11.8 Å². The Labute approximate surface area is 154 Å². The number of rotatable bonds is 14. The summed E-state index contributed by atoms with van der Waals surface area (Å²) >= 11 is 0. The number of aliphatic hydroxyl groups excluding tert-OH is 4. The van der Waals surface area contributed by atoms with E-state index in [-0.39, 0.29) is 24.6 Å². The van der Waals surface area contributed by atoms with Gasteiger partial charge < -0.3 is 20.4 Å². The van der Waals surface area contributed by atoms with Gasteiger partial charge in [-0.15, -0.1) is 0 Å². The summed E-state index contributed by atoms with van der Waals surface area (Å²) in [6.45, 7) is 1.88. The molecule has 4 nitrogen and oxygen atoms in total. The topological polar surface area (TPSA) is 80.9 Å². The van der Waals surface area contributed by atoms with Crippen molar-refractivity contribution < 1.29 is 20.4 Å². The molecule has 0 heterocycles. The minimum atomic E-state index is -0.269. The van der Waals surface area contributed by atoms with Gasteiger partial charge in [0.2, 0.25) is 0 Å². The zero-order valence-corrected chi connectivity index (χ0v) is 16.1. The van der Waals surface area contributed by atoms with Crippen molar-refractivity contribution in [2.45, 2.75) is 103 Å². The Morgan fingerprint density at radius 1 is 1.04 bits per heavy atom. The van der Waals surface area contributed by atoms with Crippen molar-refractivity contribution in [3.8, 4) is 0 Å². The molecule has 0 aromatic carbocycles. The monoisotopic (exact) mass is 356 g/mol.